The number of halogens is 1. The van der Waals surface area contributed by atoms with E-state index in [9.17, 15) is 4.39 Å². The van der Waals surface area contributed by atoms with Gasteiger partial charge in [-0.15, -0.1) is 0 Å². The summed E-state index contributed by atoms with van der Waals surface area (Å²) in [6, 6.07) is 5.65. The molecule has 1 aromatic heterocycles. The summed E-state index contributed by atoms with van der Waals surface area (Å²) in [7, 11) is 1.61. The minimum atomic E-state index is -0.133. The molecule has 1 N–H and O–H groups in total. The van der Waals surface area contributed by atoms with Crippen molar-refractivity contribution in [2.45, 2.75) is 27.3 Å². The summed E-state index contributed by atoms with van der Waals surface area (Å²) in [5, 5.41) is 3.31. The number of benzene rings is 1. The predicted molar refractivity (Wildman–Crippen MR) is 78.7 cm³/mol. The third-order valence-corrected chi connectivity index (χ3v) is 3.20. The van der Waals surface area contributed by atoms with Crippen LogP contribution in [0.1, 0.15) is 22.4 Å². The van der Waals surface area contributed by atoms with Crippen molar-refractivity contribution in [2.24, 2.45) is 0 Å². The van der Waals surface area contributed by atoms with Crippen LogP contribution in [0.15, 0.2) is 24.4 Å². The van der Waals surface area contributed by atoms with Crippen molar-refractivity contribution in [1.29, 1.82) is 0 Å². The molecule has 0 saturated heterocycles. The Kier molecular flexibility index (Phi) is 4.23. The van der Waals surface area contributed by atoms with Gasteiger partial charge in [0.15, 0.2) is 5.75 Å². The van der Waals surface area contributed by atoms with Crippen molar-refractivity contribution in [3.8, 4) is 5.75 Å². The molecule has 3 nitrogen and oxygen atoms in total. The van der Waals surface area contributed by atoms with Crippen LogP contribution in [-0.2, 0) is 6.54 Å². The van der Waals surface area contributed by atoms with Crippen molar-refractivity contribution >= 4 is 5.69 Å². The lowest BCUT2D eigenvalue weighted by Gasteiger charge is -2.12. The van der Waals surface area contributed by atoms with E-state index in [1.54, 1.807) is 27.2 Å². The molecule has 1 heterocycles. The Hall–Kier alpha value is -2.10. The summed E-state index contributed by atoms with van der Waals surface area (Å²) < 4.78 is 18.9. The minimum Gasteiger partial charge on any atom is -0.493 e. The van der Waals surface area contributed by atoms with Gasteiger partial charge < -0.3 is 10.1 Å². The highest BCUT2D eigenvalue weighted by Crippen LogP contribution is 2.24. The molecular weight excluding hydrogens is 255 g/mol. The number of rotatable bonds is 4. The maximum absolute atomic E-state index is 13.6. The van der Waals surface area contributed by atoms with E-state index in [4.69, 9.17) is 4.74 Å². The van der Waals surface area contributed by atoms with E-state index in [-0.39, 0.29) is 5.82 Å². The molecule has 0 aliphatic carbocycles. The zero-order chi connectivity index (χ0) is 14.7. The summed E-state index contributed by atoms with van der Waals surface area (Å²) in [4.78, 5) is 4.19. The molecule has 2 aromatic rings. The molecule has 0 aliphatic rings. The van der Waals surface area contributed by atoms with E-state index in [1.807, 2.05) is 25.1 Å². The Balaban J connectivity index is 2.18. The summed E-state index contributed by atoms with van der Waals surface area (Å²) in [6.07, 6.45) is 1.69. The van der Waals surface area contributed by atoms with Gasteiger partial charge in [0, 0.05) is 12.2 Å². The van der Waals surface area contributed by atoms with E-state index in [2.05, 4.69) is 10.3 Å². The fourth-order valence-corrected chi connectivity index (χ4v) is 2.18. The minimum absolute atomic E-state index is 0.133. The number of hydrogen-bond donors (Lipinski definition) is 1. The maximum atomic E-state index is 13.6. The lowest BCUT2D eigenvalue weighted by atomic mass is 10.1. The van der Waals surface area contributed by atoms with Gasteiger partial charge in [0.1, 0.15) is 5.82 Å². The molecule has 0 bridgehead atoms. The molecule has 0 unspecified atom stereocenters. The number of aromatic nitrogens is 1. The predicted octanol–water partition coefficient (Wildman–Crippen LogP) is 3.77. The van der Waals surface area contributed by atoms with Crippen LogP contribution in [0.4, 0.5) is 10.1 Å². The Morgan fingerprint density at radius 1 is 1.15 bits per heavy atom. The van der Waals surface area contributed by atoms with Gasteiger partial charge in [0.25, 0.3) is 0 Å². The van der Waals surface area contributed by atoms with E-state index < -0.39 is 0 Å². The molecule has 106 valence electrons. The summed E-state index contributed by atoms with van der Waals surface area (Å²) in [5.41, 5.74) is 4.18. The monoisotopic (exact) mass is 274 g/mol. The molecule has 4 heteroatoms. The number of pyridine rings is 1. The summed E-state index contributed by atoms with van der Waals surface area (Å²) in [6.45, 7) is 6.10. The van der Waals surface area contributed by atoms with Gasteiger partial charge in [-0.3, -0.25) is 4.98 Å². The molecule has 0 fully saturated rings. The number of hydrogen-bond acceptors (Lipinski definition) is 3. The highest BCUT2D eigenvalue weighted by molar-refractivity contribution is 5.56. The largest absolute Gasteiger partial charge is 0.493 e. The zero-order valence-corrected chi connectivity index (χ0v) is 12.2. The maximum Gasteiger partial charge on any atom is 0.160 e. The van der Waals surface area contributed by atoms with Gasteiger partial charge in [-0.2, -0.15) is 0 Å². The van der Waals surface area contributed by atoms with Gasteiger partial charge in [-0.25, -0.2) is 4.39 Å². The molecule has 0 saturated carbocycles. The average molecular weight is 274 g/mol. The number of nitrogens with one attached hydrogen (secondary N) is 1. The fourth-order valence-electron chi connectivity index (χ4n) is 2.18. The van der Waals surface area contributed by atoms with Gasteiger partial charge >= 0.3 is 0 Å². The Morgan fingerprint density at radius 3 is 2.40 bits per heavy atom. The van der Waals surface area contributed by atoms with E-state index in [0.29, 0.717) is 23.4 Å². The first-order valence-electron chi connectivity index (χ1n) is 6.51. The van der Waals surface area contributed by atoms with Crippen LogP contribution < -0.4 is 10.1 Å². The first-order chi connectivity index (χ1) is 9.51. The summed E-state index contributed by atoms with van der Waals surface area (Å²) in [5.74, 6) is 0.567. The average Bonchev–Trinajstić information content (AvgIpc) is 2.42. The van der Waals surface area contributed by atoms with E-state index >= 15 is 0 Å². The quantitative estimate of drug-likeness (QED) is 0.921. The fraction of sp³-hybridized carbons (Fsp3) is 0.312. The molecule has 1 aromatic carbocycles. The van der Waals surface area contributed by atoms with Crippen LogP contribution in [0.25, 0.3) is 0 Å². The molecule has 0 spiro atoms. The summed E-state index contributed by atoms with van der Waals surface area (Å²) >= 11 is 0. The molecule has 0 radical (unpaired) electrons. The standard InChI is InChI=1S/C16H19FN2O/c1-10-5-13(6-11(2)16(10)17)8-19-14-7-12(3)18-9-15(14)20-4/h5-7,9H,8H2,1-4H3,(H,18,19). The zero-order valence-electron chi connectivity index (χ0n) is 12.2. The van der Waals surface area contributed by atoms with E-state index in [1.165, 1.54) is 0 Å². The van der Waals surface area contributed by atoms with Crippen LogP contribution in [0, 0.1) is 26.6 Å². The molecule has 0 amide bonds. The topological polar surface area (TPSA) is 34.1 Å². The highest BCUT2D eigenvalue weighted by Gasteiger charge is 2.07. The van der Waals surface area contributed by atoms with Crippen molar-refractivity contribution < 1.29 is 9.13 Å². The van der Waals surface area contributed by atoms with Crippen LogP contribution in [0.5, 0.6) is 5.75 Å². The molecule has 2 rings (SSSR count). The van der Waals surface area contributed by atoms with E-state index in [0.717, 1.165) is 16.9 Å². The van der Waals surface area contributed by atoms with Crippen molar-refractivity contribution in [3.63, 3.8) is 0 Å². The number of ether oxygens (including phenoxy) is 1. The third-order valence-electron chi connectivity index (χ3n) is 3.20. The Bertz CT molecular complexity index is 603. The van der Waals surface area contributed by atoms with Gasteiger partial charge in [-0.05, 0) is 43.5 Å². The van der Waals surface area contributed by atoms with Crippen LogP contribution in [-0.4, -0.2) is 12.1 Å². The first kappa shape index (κ1) is 14.3. The van der Waals surface area contributed by atoms with Crippen LogP contribution in [0.3, 0.4) is 0 Å². The first-order valence-corrected chi connectivity index (χ1v) is 6.51. The highest BCUT2D eigenvalue weighted by atomic mass is 19.1. The van der Waals surface area contributed by atoms with Crippen LogP contribution >= 0.6 is 0 Å². The van der Waals surface area contributed by atoms with Gasteiger partial charge in [0.05, 0.1) is 19.0 Å². The molecule has 0 aliphatic heterocycles. The lowest BCUT2D eigenvalue weighted by molar-refractivity contribution is 0.414. The van der Waals surface area contributed by atoms with Crippen molar-refractivity contribution in [2.75, 3.05) is 12.4 Å². The van der Waals surface area contributed by atoms with Gasteiger partial charge in [0.2, 0.25) is 0 Å². The Morgan fingerprint density at radius 2 is 1.80 bits per heavy atom. The molecule has 20 heavy (non-hydrogen) atoms. The number of nitrogens with zero attached hydrogens (tertiary/aromatic N) is 1. The number of anilines is 1. The van der Waals surface area contributed by atoms with Crippen LogP contribution in [0.2, 0.25) is 0 Å². The molecule has 0 atom stereocenters. The Labute approximate surface area is 118 Å². The second kappa shape index (κ2) is 5.90. The number of aryl methyl sites for hydroxylation is 3. The smallest absolute Gasteiger partial charge is 0.160 e. The second-order valence-electron chi connectivity index (χ2n) is 4.92. The molecular formula is C16H19FN2O. The van der Waals surface area contributed by atoms with Gasteiger partial charge in [-0.1, -0.05) is 12.1 Å². The third kappa shape index (κ3) is 3.07. The second-order valence-corrected chi connectivity index (χ2v) is 4.92. The van der Waals surface area contributed by atoms with Crippen molar-refractivity contribution in [3.05, 3.63) is 52.6 Å². The van der Waals surface area contributed by atoms with Crippen molar-refractivity contribution in [1.82, 2.24) is 4.98 Å². The lowest BCUT2D eigenvalue weighted by Crippen LogP contribution is -2.04. The number of methoxy groups -OCH3 is 1. The normalized spacial score (nSPS) is 10.4. The SMILES string of the molecule is COc1cnc(C)cc1NCc1cc(C)c(F)c(C)c1.